The number of ether oxygens (including phenoxy) is 5. The first-order valence-electron chi connectivity index (χ1n) is 12.2. The number of rotatable bonds is 26. The number of aliphatic hydroxyl groups is 3. The van der Waals surface area contributed by atoms with Gasteiger partial charge in [-0.2, -0.15) is 12.6 Å². The van der Waals surface area contributed by atoms with E-state index in [1.165, 1.54) is 51.4 Å². The predicted octanol–water partition coefficient (Wildman–Crippen LogP) is 2.47. The van der Waals surface area contributed by atoms with Gasteiger partial charge in [0.25, 0.3) is 0 Å². The van der Waals surface area contributed by atoms with Crippen molar-refractivity contribution < 1.29 is 39.0 Å². The van der Waals surface area contributed by atoms with Crippen molar-refractivity contribution in [2.24, 2.45) is 0 Å². The normalized spacial score (nSPS) is 10.9. The molecule has 0 saturated carbocycles. The molecule has 0 aliphatic carbocycles. The maximum Gasteiger partial charge on any atom is 0.0701 e. The summed E-state index contributed by atoms with van der Waals surface area (Å²) in [6, 6.07) is 0. The SMILES string of the molecule is OCCCCCCCCCCCS.OCCOCCOCCOCCOCCOCCO. The molecule has 0 spiro atoms. The minimum atomic E-state index is 0.0359. The maximum absolute atomic E-state index is 8.56. The van der Waals surface area contributed by atoms with E-state index in [-0.39, 0.29) is 13.2 Å². The summed E-state index contributed by atoms with van der Waals surface area (Å²) in [5.74, 6) is 1.04. The van der Waals surface area contributed by atoms with Crippen LogP contribution < -0.4 is 0 Å². The number of unbranched alkanes of at least 4 members (excludes halogenated alkanes) is 8. The van der Waals surface area contributed by atoms with E-state index >= 15 is 0 Å². The van der Waals surface area contributed by atoms with E-state index in [9.17, 15) is 0 Å². The standard InChI is InChI=1S/C12H26O7.C11H24OS/c13-1-3-15-5-7-17-9-11-19-12-10-18-8-6-16-4-2-14;12-10-8-6-4-2-1-3-5-7-9-11-13/h13-14H,1-12H2;12-13H,1-11H2. The monoisotopic (exact) mass is 486 g/mol. The molecule has 0 bridgehead atoms. The van der Waals surface area contributed by atoms with Gasteiger partial charge >= 0.3 is 0 Å². The topological polar surface area (TPSA) is 107 Å². The molecule has 0 atom stereocenters. The number of thiol groups is 1. The van der Waals surface area contributed by atoms with Crippen LogP contribution in [0.3, 0.4) is 0 Å². The molecule has 3 N–H and O–H groups in total. The molecule has 0 aromatic heterocycles. The van der Waals surface area contributed by atoms with E-state index in [4.69, 9.17) is 39.0 Å². The fourth-order valence-electron chi connectivity index (χ4n) is 2.57. The fraction of sp³-hybridized carbons (Fsp3) is 1.00. The van der Waals surface area contributed by atoms with Gasteiger partial charge < -0.3 is 39.0 Å². The Labute approximate surface area is 201 Å². The van der Waals surface area contributed by atoms with E-state index < -0.39 is 0 Å². The molecule has 0 radical (unpaired) electrons. The Hall–Kier alpha value is 0.0300. The van der Waals surface area contributed by atoms with E-state index in [0.717, 1.165) is 12.2 Å². The molecule has 0 fully saturated rings. The van der Waals surface area contributed by atoms with E-state index in [2.05, 4.69) is 12.6 Å². The molecule has 0 aromatic carbocycles. The quantitative estimate of drug-likeness (QED) is 0.109. The van der Waals surface area contributed by atoms with E-state index in [0.29, 0.717) is 72.7 Å². The summed E-state index contributed by atoms with van der Waals surface area (Å²) in [6.07, 6.45) is 11.6. The third-order valence-electron chi connectivity index (χ3n) is 4.28. The fourth-order valence-corrected chi connectivity index (χ4v) is 2.80. The molecule has 8 nitrogen and oxygen atoms in total. The van der Waals surface area contributed by atoms with Crippen molar-refractivity contribution in [2.45, 2.75) is 57.8 Å². The maximum atomic E-state index is 8.56. The van der Waals surface area contributed by atoms with Crippen LogP contribution in [0, 0.1) is 0 Å². The Morgan fingerprint density at radius 3 is 0.906 bits per heavy atom. The molecule has 0 aromatic rings. The van der Waals surface area contributed by atoms with Crippen molar-refractivity contribution >= 4 is 12.6 Å². The smallest absolute Gasteiger partial charge is 0.0701 e. The van der Waals surface area contributed by atoms with Crippen LogP contribution in [0.2, 0.25) is 0 Å². The van der Waals surface area contributed by atoms with Crippen molar-refractivity contribution in [1.82, 2.24) is 0 Å². The number of hydrogen-bond donors (Lipinski definition) is 4. The van der Waals surface area contributed by atoms with Gasteiger partial charge in [-0.1, -0.05) is 44.9 Å². The summed E-state index contributed by atoms with van der Waals surface area (Å²) in [6.45, 7) is 5.17. The summed E-state index contributed by atoms with van der Waals surface area (Å²) < 4.78 is 25.8. The summed E-state index contributed by atoms with van der Waals surface area (Å²) >= 11 is 4.18. The van der Waals surface area contributed by atoms with Crippen molar-refractivity contribution in [3.8, 4) is 0 Å². The zero-order chi connectivity index (χ0) is 23.8. The highest BCUT2D eigenvalue weighted by atomic mass is 32.1. The Morgan fingerprint density at radius 1 is 0.344 bits per heavy atom. The van der Waals surface area contributed by atoms with Crippen LogP contribution in [0.4, 0.5) is 0 Å². The molecule has 9 heteroatoms. The summed E-state index contributed by atoms with van der Waals surface area (Å²) in [5, 5.41) is 25.5. The molecular formula is C23H50O8S. The lowest BCUT2D eigenvalue weighted by molar-refractivity contribution is -0.0151. The van der Waals surface area contributed by atoms with Crippen molar-refractivity contribution in [2.75, 3.05) is 91.6 Å². The Morgan fingerprint density at radius 2 is 0.625 bits per heavy atom. The molecule has 0 rings (SSSR count). The lowest BCUT2D eigenvalue weighted by Gasteiger charge is -2.07. The van der Waals surface area contributed by atoms with Gasteiger partial charge in [0, 0.05) is 6.61 Å². The van der Waals surface area contributed by atoms with Gasteiger partial charge in [0.1, 0.15) is 0 Å². The largest absolute Gasteiger partial charge is 0.396 e. The first-order chi connectivity index (χ1) is 15.8. The van der Waals surface area contributed by atoms with Crippen LogP contribution in [-0.2, 0) is 23.7 Å². The zero-order valence-electron chi connectivity index (χ0n) is 20.1. The summed E-state index contributed by atoms with van der Waals surface area (Å²) in [7, 11) is 0. The summed E-state index contributed by atoms with van der Waals surface area (Å²) in [5.41, 5.74) is 0. The third kappa shape index (κ3) is 37.4. The first-order valence-corrected chi connectivity index (χ1v) is 12.8. The van der Waals surface area contributed by atoms with Crippen LogP contribution in [0.25, 0.3) is 0 Å². The average Bonchev–Trinajstić information content (AvgIpc) is 2.81. The van der Waals surface area contributed by atoms with Gasteiger partial charge in [-0.15, -0.1) is 0 Å². The van der Waals surface area contributed by atoms with Gasteiger partial charge in [-0.05, 0) is 18.6 Å². The highest BCUT2D eigenvalue weighted by molar-refractivity contribution is 7.80. The highest BCUT2D eigenvalue weighted by Gasteiger charge is 1.93. The van der Waals surface area contributed by atoms with Gasteiger partial charge in [0.15, 0.2) is 0 Å². The first kappa shape index (κ1) is 34.2. The average molecular weight is 487 g/mol. The third-order valence-corrected chi connectivity index (χ3v) is 4.59. The molecular weight excluding hydrogens is 436 g/mol. The Balaban J connectivity index is 0. The second-order valence-corrected chi connectivity index (χ2v) is 7.59. The predicted molar refractivity (Wildman–Crippen MR) is 131 cm³/mol. The van der Waals surface area contributed by atoms with E-state index in [1.807, 2.05) is 0 Å². The highest BCUT2D eigenvalue weighted by Crippen LogP contribution is 2.09. The number of aliphatic hydroxyl groups excluding tert-OH is 3. The molecule has 32 heavy (non-hydrogen) atoms. The minimum Gasteiger partial charge on any atom is -0.396 e. The van der Waals surface area contributed by atoms with Gasteiger partial charge in [-0.3, -0.25) is 0 Å². The molecule has 0 aliphatic heterocycles. The van der Waals surface area contributed by atoms with Crippen LogP contribution in [0.5, 0.6) is 0 Å². The van der Waals surface area contributed by atoms with Crippen LogP contribution in [0.15, 0.2) is 0 Å². The van der Waals surface area contributed by atoms with Crippen LogP contribution >= 0.6 is 12.6 Å². The van der Waals surface area contributed by atoms with Gasteiger partial charge in [0.2, 0.25) is 0 Å². The van der Waals surface area contributed by atoms with Crippen molar-refractivity contribution in [1.29, 1.82) is 0 Å². The number of hydrogen-bond acceptors (Lipinski definition) is 9. The van der Waals surface area contributed by atoms with E-state index in [1.54, 1.807) is 0 Å². The van der Waals surface area contributed by atoms with Gasteiger partial charge in [-0.25, -0.2) is 0 Å². The van der Waals surface area contributed by atoms with Gasteiger partial charge in [0.05, 0.1) is 79.3 Å². The molecule has 196 valence electrons. The van der Waals surface area contributed by atoms with Crippen molar-refractivity contribution in [3.05, 3.63) is 0 Å². The Bertz CT molecular complexity index is 275. The molecule has 0 heterocycles. The molecule has 0 saturated heterocycles. The van der Waals surface area contributed by atoms with Crippen molar-refractivity contribution in [3.63, 3.8) is 0 Å². The molecule has 0 aliphatic rings. The second kappa shape index (κ2) is 35.6. The van der Waals surface area contributed by atoms with Crippen LogP contribution in [-0.4, -0.2) is 107 Å². The van der Waals surface area contributed by atoms with Crippen LogP contribution in [0.1, 0.15) is 57.8 Å². The molecule has 0 amide bonds. The lowest BCUT2D eigenvalue weighted by Crippen LogP contribution is -2.14. The second-order valence-electron chi connectivity index (χ2n) is 7.14. The Kier molecular flexibility index (Phi) is 38.1. The minimum absolute atomic E-state index is 0.0359. The molecule has 0 unspecified atom stereocenters. The summed E-state index contributed by atoms with van der Waals surface area (Å²) in [4.78, 5) is 0. The zero-order valence-corrected chi connectivity index (χ0v) is 21.0. The lowest BCUT2D eigenvalue weighted by atomic mass is 10.1.